The highest BCUT2D eigenvalue weighted by atomic mass is 15.1. The predicted octanol–water partition coefficient (Wildman–Crippen LogP) is 14.1. The van der Waals surface area contributed by atoms with E-state index in [9.17, 15) is 0 Å². The number of fused-ring (bicyclic) bond motifs is 12. The lowest BCUT2D eigenvalue weighted by Crippen LogP contribution is -2.03. The Hall–Kier alpha value is -8.22. The van der Waals surface area contributed by atoms with Crippen molar-refractivity contribution in [3.63, 3.8) is 0 Å². The Balaban J connectivity index is 0.00000129. The Labute approximate surface area is 351 Å². The third-order valence-electron chi connectivity index (χ3n) is 12.1. The van der Waals surface area contributed by atoms with Crippen molar-refractivity contribution in [1.29, 1.82) is 0 Å². The zero-order valence-corrected chi connectivity index (χ0v) is 33.4. The number of hydrogen-bond donors (Lipinski definition) is 0. The van der Waals surface area contributed by atoms with Crippen molar-refractivity contribution in [3.8, 4) is 23.0 Å². The summed E-state index contributed by atoms with van der Waals surface area (Å²) in [5.74, 6) is 1.63. The second kappa shape index (κ2) is 13.7. The SMILES string of the molecule is C=CC.c1ccc2c(c1)c1ccccc1n2-c1ccc2c(c1)c1ccccc1n2-c1cc(-n2c3ccccc3c3cc(-n4c5ccccc5c5ccccc54)ccc32)ncn1. The molecule has 13 aromatic rings. The van der Waals surface area contributed by atoms with Gasteiger partial charge >= 0.3 is 0 Å². The van der Waals surface area contributed by atoms with Crippen LogP contribution in [0.1, 0.15) is 6.92 Å². The first-order chi connectivity index (χ1) is 30.2. The van der Waals surface area contributed by atoms with Gasteiger partial charge in [0, 0.05) is 60.5 Å². The summed E-state index contributed by atoms with van der Waals surface area (Å²) in [7, 11) is 0. The summed E-state index contributed by atoms with van der Waals surface area (Å²) in [6, 6.07) is 67.7. The molecule has 61 heavy (non-hydrogen) atoms. The van der Waals surface area contributed by atoms with Crippen molar-refractivity contribution in [2.45, 2.75) is 6.92 Å². The smallest absolute Gasteiger partial charge is 0.143 e. The van der Waals surface area contributed by atoms with Gasteiger partial charge in [-0.05, 0) is 79.7 Å². The molecule has 0 radical (unpaired) electrons. The van der Waals surface area contributed by atoms with Gasteiger partial charge in [0.05, 0.1) is 44.1 Å². The molecular formula is C55H38N6. The molecule has 0 aliphatic rings. The van der Waals surface area contributed by atoms with E-state index in [0.29, 0.717) is 0 Å². The molecule has 6 nitrogen and oxygen atoms in total. The van der Waals surface area contributed by atoms with E-state index in [1.165, 1.54) is 65.2 Å². The molecule has 0 spiro atoms. The Bertz CT molecular complexity index is 3520. The van der Waals surface area contributed by atoms with Crippen molar-refractivity contribution in [2.24, 2.45) is 0 Å². The topological polar surface area (TPSA) is 45.5 Å². The summed E-state index contributed by atoms with van der Waals surface area (Å²) < 4.78 is 9.32. The van der Waals surface area contributed by atoms with Crippen LogP contribution in [0.25, 0.3) is 110 Å². The van der Waals surface area contributed by atoms with Crippen LogP contribution in [0.2, 0.25) is 0 Å². The average Bonchev–Trinajstić information content (AvgIpc) is 4.04. The van der Waals surface area contributed by atoms with Crippen molar-refractivity contribution in [2.75, 3.05) is 0 Å². The molecule has 0 saturated heterocycles. The Kier molecular flexibility index (Phi) is 7.80. The molecule has 6 heteroatoms. The molecule has 0 aliphatic carbocycles. The van der Waals surface area contributed by atoms with Crippen LogP contribution in [0.15, 0.2) is 207 Å². The van der Waals surface area contributed by atoms with Gasteiger partial charge in [0.15, 0.2) is 0 Å². The van der Waals surface area contributed by atoms with Crippen LogP contribution in [0.5, 0.6) is 0 Å². The second-order valence-corrected chi connectivity index (χ2v) is 15.5. The monoisotopic (exact) mass is 782 g/mol. The maximum Gasteiger partial charge on any atom is 0.143 e. The van der Waals surface area contributed by atoms with Gasteiger partial charge in [-0.1, -0.05) is 115 Å². The number of aromatic nitrogens is 6. The van der Waals surface area contributed by atoms with E-state index in [1.54, 1.807) is 12.4 Å². The molecule has 5 heterocycles. The largest absolute Gasteiger partial charge is 0.309 e. The van der Waals surface area contributed by atoms with Crippen LogP contribution in [0, 0.1) is 0 Å². The lowest BCUT2D eigenvalue weighted by Gasteiger charge is -2.12. The summed E-state index contributed by atoms with van der Waals surface area (Å²) >= 11 is 0. The fourth-order valence-corrected chi connectivity index (χ4v) is 9.68. The molecular weight excluding hydrogens is 745 g/mol. The Morgan fingerprint density at radius 3 is 0.918 bits per heavy atom. The summed E-state index contributed by atoms with van der Waals surface area (Å²) in [4.78, 5) is 9.88. The molecule has 0 fully saturated rings. The number of rotatable bonds is 4. The number of allylic oxidation sites excluding steroid dienone is 1. The highest BCUT2D eigenvalue weighted by Crippen LogP contribution is 2.39. The third kappa shape index (κ3) is 5.15. The van der Waals surface area contributed by atoms with Gasteiger partial charge in [-0.25, -0.2) is 9.97 Å². The first kappa shape index (κ1) is 34.8. The zero-order valence-electron chi connectivity index (χ0n) is 33.4. The summed E-state index contributed by atoms with van der Waals surface area (Å²) in [6.07, 6.45) is 3.45. The maximum atomic E-state index is 4.94. The van der Waals surface area contributed by atoms with Gasteiger partial charge in [-0.2, -0.15) is 0 Å². The molecule has 13 rings (SSSR count). The normalized spacial score (nSPS) is 11.8. The van der Waals surface area contributed by atoms with Crippen LogP contribution < -0.4 is 0 Å². The van der Waals surface area contributed by atoms with Crippen LogP contribution in [0.4, 0.5) is 0 Å². The van der Waals surface area contributed by atoms with E-state index in [1.807, 2.05) is 6.92 Å². The molecule has 5 aromatic heterocycles. The molecule has 0 unspecified atom stereocenters. The van der Waals surface area contributed by atoms with Crippen LogP contribution in [0.3, 0.4) is 0 Å². The van der Waals surface area contributed by atoms with E-state index in [0.717, 1.165) is 45.1 Å². The van der Waals surface area contributed by atoms with Crippen LogP contribution in [-0.4, -0.2) is 28.2 Å². The van der Waals surface area contributed by atoms with Crippen molar-refractivity contribution >= 4 is 87.2 Å². The highest BCUT2D eigenvalue weighted by Gasteiger charge is 2.20. The molecule has 0 bridgehead atoms. The fraction of sp³-hybridized carbons (Fsp3) is 0.0182. The molecule has 0 atom stereocenters. The molecule has 0 aliphatic heterocycles. The van der Waals surface area contributed by atoms with Gasteiger partial charge in [0.25, 0.3) is 0 Å². The predicted molar refractivity (Wildman–Crippen MR) is 255 cm³/mol. The molecule has 8 aromatic carbocycles. The van der Waals surface area contributed by atoms with E-state index >= 15 is 0 Å². The Morgan fingerprint density at radius 1 is 0.328 bits per heavy atom. The van der Waals surface area contributed by atoms with Gasteiger partial charge in [-0.3, -0.25) is 9.13 Å². The summed E-state index contributed by atoms with van der Waals surface area (Å²) in [6.45, 7) is 5.25. The summed E-state index contributed by atoms with van der Waals surface area (Å²) in [5.41, 5.74) is 11.4. The molecule has 288 valence electrons. The van der Waals surface area contributed by atoms with Gasteiger partial charge in [0.1, 0.15) is 18.0 Å². The fourth-order valence-electron chi connectivity index (χ4n) is 9.68. The quantitative estimate of drug-likeness (QED) is 0.167. The van der Waals surface area contributed by atoms with Crippen LogP contribution in [-0.2, 0) is 0 Å². The van der Waals surface area contributed by atoms with Crippen molar-refractivity contribution in [3.05, 3.63) is 207 Å². The van der Waals surface area contributed by atoms with Gasteiger partial charge in [-0.15, -0.1) is 6.58 Å². The maximum absolute atomic E-state index is 4.94. The second-order valence-electron chi connectivity index (χ2n) is 15.5. The minimum Gasteiger partial charge on any atom is -0.309 e. The first-order valence-corrected chi connectivity index (χ1v) is 20.7. The summed E-state index contributed by atoms with van der Waals surface area (Å²) in [5, 5.41) is 9.70. The number of para-hydroxylation sites is 6. The highest BCUT2D eigenvalue weighted by molar-refractivity contribution is 6.14. The molecule has 0 amide bonds. The van der Waals surface area contributed by atoms with E-state index in [4.69, 9.17) is 9.97 Å². The van der Waals surface area contributed by atoms with Gasteiger partial charge < -0.3 is 9.13 Å². The minimum absolute atomic E-state index is 0.814. The number of hydrogen-bond acceptors (Lipinski definition) is 2. The minimum atomic E-state index is 0.814. The lowest BCUT2D eigenvalue weighted by molar-refractivity contribution is 0.986. The van der Waals surface area contributed by atoms with Crippen molar-refractivity contribution < 1.29 is 0 Å². The molecule has 0 N–H and O–H groups in total. The van der Waals surface area contributed by atoms with Gasteiger partial charge in [0.2, 0.25) is 0 Å². The lowest BCUT2D eigenvalue weighted by atomic mass is 10.1. The average molecular weight is 783 g/mol. The van der Waals surface area contributed by atoms with E-state index < -0.39 is 0 Å². The standard InChI is InChI=1S/C52H32N6.C3H6/c1-7-19-43-35(13-1)36-14-2-8-20-44(36)55(43)33-25-27-49-41(29-33)39-17-5-11-23-47(39)57(49)51-31-52(54-32-53-51)58-48-24-12-6-18-40(48)42-30-34(26-28-50(42)58)56-45-21-9-3-15-37(45)38-16-4-10-22-46(38)56;1-3-2/h1-32H;3H,1H2,2H3. The van der Waals surface area contributed by atoms with E-state index in [2.05, 4.69) is 213 Å². The number of nitrogens with zero attached hydrogens (tertiary/aromatic N) is 6. The third-order valence-corrected chi connectivity index (χ3v) is 12.1. The Morgan fingerprint density at radius 2 is 0.590 bits per heavy atom. The van der Waals surface area contributed by atoms with Crippen LogP contribution >= 0.6 is 0 Å². The van der Waals surface area contributed by atoms with E-state index in [-0.39, 0.29) is 0 Å². The number of benzene rings is 8. The van der Waals surface area contributed by atoms with Crippen molar-refractivity contribution in [1.82, 2.24) is 28.2 Å². The first-order valence-electron chi connectivity index (χ1n) is 20.7. The zero-order chi connectivity index (χ0) is 40.6. The molecule has 0 saturated carbocycles.